The molecule has 0 spiro atoms. The van der Waals surface area contributed by atoms with Crippen LogP contribution in [0.5, 0.6) is 0 Å². The van der Waals surface area contributed by atoms with Gasteiger partial charge in [-0.2, -0.15) is 5.10 Å². The van der Waals surface area contributed by atoms with Crippen LogP contribution in [0.25, 0.3) is 21.4 Å². The summed E-state index contributed by atoms with van der Waals surface area (Å²) in [5.41, 5.74) is 0.706. The maximum absolute atomic E-state index is 13.3. The molecule has 1 saturated heterocycles. The minimum atomic E-state index is -1.29. The molecule has 1 amide bonds. The van der Waals surface area contributed by atoms with Gasteiger partial charge < -0.3 is 10.0 Å². The van der Waals surface area contributed by atoms with Crippen LogP contribution in [0.3, 0.4) is 0 Å². The Bertz CT molecular complexity index is 1830. The van der Waals surface area contributed by atoms with Crippen LogP contribution in [0.4, 0.5) is 0 Å². The van der Waals surface area contributed by atoms with Crippen molar-refractivity contribution < 1.29 is 9.90 Å². The highest BCUT2D eigenvalue weighted by Crippen LogP contribution is 2.34. The molecule has 5 aromatic rings. The quantitative estimate of drug-likeness (QED) is 0.285. The number of nitrogens with zero attached hydrogens (tertiary/aromatic N) is 7. The fraction of sp³-hybridized carbons (Fsp3) is 0.346. The van der Waals surface area contributed by atoms with Crippen LogP contribution in [-0.2, 0) is 23.4 Å². The van der Waals surface area contributed by atoms with E-state index in [1.807, 2.05) is 28.8 Å². The van der Waals surface area contributed by atoms with E-state index in [0.29, 0.717) is 63.6 Å². The number of aromatic nitrogens is 6. The highest BCUT2D eigenvalue weighted by atomic mass is 35.5. The Morgan fingerprint density at radius 3 is 2.70 bits per heavy atom. The van der Waals surface area contributed by atoms with Crippen LogP contribution in [0.15, 0.2) is 40.6 Å². The van der Waals surface area contributed by atoms with Gasteiger partial charge in [-0.3, -0.25) is 14.0 Å². The number of aryl methyl sites for hydroxylation is 1. The summed E-state index contributed by atoms with van der Waals surface area (Å²) >= 11 is 20.1. The normalized spacial score (nSPS) is 18.1. The van der Waals surface area contributed by atoms with Crippen molar-refractivity contribution in [3.63, 3.8) is 0 Å². The van der Waals surface area contributed by atoms with Crippen LogP contribution in [0.2, 0.25) is 15.1 Å². The third kappa shape index (κ3) is 4.69. The molecule has 1 N–H and O–H groups in total. The van der Waals surface area contributed by atoms with E-state index in [1.54, 1.807) is 28.5 Å². The minimum Gasteiger partial charge on any atom is -0.383 e. The van der Waals surface area contributed by atoms with Crippen LogP contribution in [0.1, 0.15) is 37.7 Å². The van der Waals surface area contributed by atoms with E-state index in [-0.39, 0.29) is 31.0 Å². The molecule has 40 heavy (non-hydrogen) atoms. The molecule has 0 aliphatic carbocycles. The minimum absolute atomic E-state index is 0.175. The second kappa shape index (κ2) is 10.5. The summed E-state index contributed by atoms with van der Waals surface area (Å²) in [7, 11) is 0. The monoisotopic (exact) mass is 619 g/mol. The topological polar surface area (TPSA) is 111 Å². The summed E-state index contributed by atoms with van der Waals surface area (Å²) in [6.45, 7) is 2.52. The maximum Gasteiger partial charge on any atom is 0.291 e. The highest BCUT2D eigenvalue weighted by molar-refractivity contribution is 7.17. The Balaban J connectivity index is 1.20. The molecule has 1 unspecified atom stereocenters. The largest absolute Gasteiger partial charge is 0.383 e. The summed E-state index contributed by atoms with van der Waals surface area (Å²) in [4.78, 5) is 28.3. The third-order valence-electron chi connectivity index (χ3n) is 7.35. The van der Waals surface area contributed by atoms with Gasteiger partial charge in [0, 0.05) is 19.5 Å². The van der Waals surface area contributed by atoms with E-state index in [2.05, 4.69) is 15.4 Å². The molecule has 14 heteroatoms. The lowest BCUT2D eigenvalue weighted by atomic mass is 9.92. The number of hydrogen-bond donors (Lipinski definition) is 1. The number of halogens is 3. The fourth-order valence-corrected chi connectivity index (χ4v) is 6.62. The zero-order valence-corrected chi connectivity index (χ0v) is 24.4. The Morgan fingerprint density at radius 2 is 1.90 bits per heavy atom. The van der Waals surface area contributed by atoms with Gasteiger partial charge in [-0.25, -0.2) is 9.36 Å². The lowest BCUT2D eigenvalue weighted by Crippen LogP contribution is -2.39. The van der Waals surface area contributed by atoms with Crippen molar-refractivity contribution in [2.24, 2.45) is 0 Å². The van der Waals surface area contributed by atoms with Crippen molar-refractivity contribution >= 4 is 67.8 Å². The number of hydrogen-bond acceptors (Lipinski definition) is 7. The zero-order valence-electron chi connectivity index (χ0n) is 21.4. The van der Waals surface area contributed by atoms with Crippen molar-refractivity contribution in [1.29, 1.82) is 0 Å². The molecule has 1 aliphatic heterocycles. The molecule has 10 nitrogen and oxygen atoms in total. The van der Waals surface area contributed by atoms with Crippen molar-refractivity contribution in [1.82, 2.24) is 34.1 Å². The van der Waals surface area contributed by atoms with E-state index in [1.165, 1.54) is 15.4 Å². The first-order chi connectivity index (χ1) is 19.2. The summed E-state index contributed by atoms with van der Waals surface area (Å²) < 4.78 is 5.57. The van der Waals surface area contributed by atoms with Gasteiger partial charge in [-0.1, -0.05) is 46.9 Å². The Kier molecular flexibility index (Phi) is 7.12. The molecular weight excluding hydrogens is 597 g/mol. The van der Waals surface area contributed by atoms with Gasteiger partial charge in [-0.05, 0) is 48.9 Å². The summed E-state index contributed by atoms with van der Waals surface area (Å²) in [5.74, 6) is 0.482. The number of benzene rings is 1. The number of likely N-dealkylation sites (tertiary alicyclic amines) is 1. The van der Waals surface area contributed by atoms with Gasteiger partial charge in [0.15, 0.2) is 0 Å². The lowest BCUT2D eigenvalue weighted by Gasteiger charge is -2.24. The molecule has 0 saturated carbocycles. The number of amides is 1. The van der Waals surface area contributed by atoms with E-state index < -0.39 is 5.60 Å². The van der Waals surface area contributed by atoms with Gasteiger partial charge in [0.2, 0.25) is 5.91 Å². The van der Waals surface area contributed by atoms with Crippen molar-refractivity contribution in [3.8, 4) is 5.69 Å². The van der Waals surface area contributed by atoms with Crippen LogP contribution in [-0.4, -0.2) is 58.2 Å². The number of fused-ring (bicyclic) bond motifs is 3. The second-order valence-electron chi connectivity index (χ2n) is 9.80. The molecular formula is C26H24Cl3N7O3S. The molecule has 1 aliphatic rings. The molecule has 6 rings (SSSR count). The first kappa shape index (κ1) is 27.2. The Morgan fingerprint density at radius 1 is 1.10 bits per heavy atom. The SMILES string of the molecule is CCc1nn(CC(=O)N2CCCC(O)(c3cn(-c4cc(Cl)c(Cl)cc4Cl)nn3)CC2)c(=O)c2cc3sccc3n12. The van der Waals surface area contributed by atoms with Gasteiger partial charge in [-0.15, -0.1) is 16.4 Å². The average Bonchev–Trinajstić information content (AvgIpc) is 3.64. The van der Waals surface area contributed by atoms with E-state index >= 15 is 0 Å². The van der Waals surface area contributed by atoms with Crippen molar-refractivity contribution in [2.75, 3.05) is 13.1 Å². The lowest BCUT2D eigenvalue weighted by molar-refractivity contribution is -0.132. The standard InChI is InChI=1S/C26H24Cl3N7O3S/c1-2-23-31-35(25(38)20-12-21-18(36(20)23)4-9-40-21)14-24(37)33-7-3-5-26(39,6-8-33)22-13-34(32-30-22)19-11-16(28)15(27)10-17(19)29/h4,9-13,39H,2-3,5-8,14H2,1H3. The molecule has 0 bridgehead atoms. The average molecular weight is 621 g/mol. The number of thiophene rings is 1. The highest BCUT2D eigenvalue weighted by Gasteiger charge is 2.36. The number of carbonyl (C=O) groups is 1. The summed E-state index contributed by atoms with van der Waals surface area (Å²) in [6.07, 6.45) is 3.39. The fourth-order valence-electron chi connectivity index (χ4n) is 5.19. The van der Waals surface area contributed by atoms with Gasteiger partial charge in [0.25, 0.3) is 5.56 Å². The second-order valence-corrected chi connectivity index (χ2v) is 12.0. The first-order valence-electron chi connectivity index (χ1n) is 12.7. The molecule has 1 fully saturated rings. The molecule has 5 heterocycles. The summed E-state index contributed by atoms with van der Waals surface area (Å²) in [6, 6.07) is 6.93. The van der Waals surface area contributed by atoms with Gasteiger partial charge in [0.05, 0.1) is 37.2 Å². The smallest absolute Gasteiger partial charge is 0.291 e. The maximum atomic E-state index is 13.3. The van der Waals surface area contributed by atoms with Crippen LogP contribution in [0, 0.1) is 0 Å². The number of aliphatic hydroxyl groups is 1. The molecule has 1 atom stereocenters. The van der Waals surface area contributed by atoms with Gasteiger partial charge in [0.1, 0.15) is 29.2 Å². The van der Waals surface area contributed by atoms with Gasteiger partial charge >= 0.3 is 0 Å². The van der Waals surface area contributed by atoms with Crippen LogP contribution < -0.4 is 5.56 Å². The third-order valence-corrected chi connectivity index (χ3v) is 9.22. The van der Waals surface area contributed by atoms with Crippen molar-refractivity contribution in [2.45, 2.75) is 44.8 Å². The Labute approximate surface area is 247 Å². The van der Waals surface area contributed by atoms with Crippen LogP contribution >= 0.6 is 46.1 Å². The molecule has 0 radical (unpaired) electrons. The van der Waals surface area contributed by atoms with E-state index in [4.69, 9.17) is 34.8 Å². The van der Waals surface area contributed by atoms with Crippen molar-refractivity contribution in [3.05, 3.63) is 72.8 Å². The molecule has 208 valence electrons. The zero-order chi connectivity index (χ0) is 28.2. The number of carbonyl (C=O) groups excluding carboxylic acids is 1. The first-order valence-corrected chi connectivity index (χ1v) is 14.8. The van der Waals surface area contributed by atoms with E-state index in [0.717, 1.165) is 10.2 Å². The predicted octanol–water partition coefficient (Wildman–Crippen LogP) is 4.71. The predicted molar refractivity (Wildman–Crippen MR) is 155 cm³/mol. The molecule has 1 aromatic carbocycles. The molecule has 4 aromatic heterocycles. The van der Waals surface area contributed by atoms with E-state index in [9.17, 15) is 14.7 Å². The Hall–Kier alpha value is -2.96. The number of rotatable bonds is 5. The summed E-state index contributed by atoms with van der Waals surface area (Å²) in [5, 5.41) is 27.3.